The lowest BCUT2D eigenvalue weighted by atomic mass is 9.87. The van der Waals surface area contributed by atoms with Crippen molar-refractivity contribution in [2.24, 2.45) is 16.8 Å². The van der Waals surface area contributed by atoms with E-state index in [2.05, 4.69) is 17.4 Å². The van der Waals surface area contributed by atoms with Crippen LogP contribution in [0.3, 0.4) is 0 Å². The Kier molecular flexibility index (Phi) is 4.73. The molecule has 2 unspecified atom stereocenters. The van der Waals surface area contributed by atoms with Crippen molar-refractivity contribution in [2.75, 3.05) is 6.54 Å². The van der Waals surface area contributed by atoms with Crippen LogP contribution < -0.4 is 11.1 Å². The summed E-state index contributed by atoms with van der Waals surface area (Å²) >= 11 is 0. The van der Waals surface area contributed by atoms with Gasteiger partial charge in [-0.3, -0.25) is 0 Å². The average Bonchev–Trinajstić information content (AvgIpc) is 2.17. The highest BCUT2D eigenvalue weighted by atomic mass is 16.4. The van der Waals surface area contributed by atoms with Crippen LogP contribution >= 0.6 is 0 Å². The lowest BCUT2D eigenvalue weighted by Crippen LogP contribution is -2.35. The van der Waals surface area contributed by atoms with Crippen LogP contribution in [0.2, 0.25) is 0 Å². The highest BCUT2D eigenvalue weighted by Crippen LogP contribution is 2.23. The second-order valence-corrected chi connectivity index (χ2v) is 4.26. The lowest BCUT2D eigenvalue weighted by Gasteiger charge is -2.27. The molecule has 82 valence electrons. The molecule has 1 fully saturated rings. The predicted molar refractivity (Wildman–Crippen MR) is 57.4 cm³/mol. The molecule has 1 aliphatic carbocycles. The Labute approximate surface area is 85.6 Å². The summed E-state index contributed by atoms with van der Waals surface area (Å²) in [7, 11) is 0. The van der Waals surface area contributed by atoms with E-state index in [0.29, 0.717) is 18.3 Å². The Morgan fingerprint density at radius 3 is 3.00 bits per heavy atom. The van der Waals surface area contributed by atoms with Gasteiger partial charge in [0.25, 0.3) is 0 Å². The van der Waals surface area contributed by atoms with E-state index in [0.717, 1.165) is 12.5 Å². The van der Waals surface area contributed by atoms with Crippen molar-refractivity contribution in [1.29, 1.82) is 0 Å². The molecular formula is C10H21N3O. The molecule has 1 saturated carbocycles. The van der Waals surface area contributed by atoms with Gasteiger partial charge in [0.1, 0.15) is 5.84 Å². The number of hydrogen-bond donors (Lipinski definition) is 3. The Bertz CT molecular complexity index is 194. The van der Waals surface area contributed by atoms with Crippen LogP contribution in [0, 0.1) is 5.92 Å². The third-order valence-electron chi connectivity index (χ3n) is 2.88. The molecule has 4 N–H and O–H groups in total. The first-order chi connectivity index (χ1) is 6.72. The van der Waals surface area contributed by atoms with Gasteiger partial charge in [-0.05, 0) is 18.8 Å². The van der Waals surface area contributed by atoms with E-state index in [-0.39, 0.29) is 0 Å². The van der Waals surface area contributed by atoms with Crippen molar-refractivity contribution in [3.05, 3.63) is 0 Å². The molecule has 0 aromatic rings. The minimum atomic E-state index is 0.307. The molecule has 0 aromatic carbocycles. The SMILES string of the molecule is CC1CCCC(NCCC(N)=NO)C1. The number of nitrogens with one attached hydrogen (secondary N) is 1. The Morgan fingerprint density at radius 1 is 1.57 bits per heavy atom. The van der Waals surface area contributed by atoms with Gasteiger partial charge in [-0.15, -0.1) is 0 Å². The third kappa shape index (κ3) is 3.96. The molecule has 2 atom stereocenters. The summed E-state index contributed by atoms with van der Waals surface area (Å²) in [5, 5.41) is 14.7. The van der Waals surface area contributed by atoms with Gasteiger partial charge >= 0.3 is 0 Å². The molecule has 0 aromatic heterocycles. The van der Waals surface area contributed by atoms with Crippen molar-refractivity contribution < 1.29 is 5.21 Å². The van der Waals surface area contributed by atoms with Gasteiger partial charge in [-0.2, -0.15) is 0 Å². The van der Waals surface area contributed by atoms with Crippen molar-refractivity contribution in [3.63, 3.8) is 0 Å². The maximum atomic E-state index is 8.35. The maximum Gasteiger partial charge on any atom is 0.140 e. The fraction of sp³-hybridized carbons (Fsp3) is 0.900. The van der Waals surface area contributed by atoms with Crippen molar-refractivity contribution in [2.45, 2.75) is 45.1 Å². The first-order valence-electron chi connectivity index (χ1n) is 5.42. The molecule has 0 spiro atoms. The molecule has 1 aliphatic rings. The van der Waals surface area contributed by atoms with Gasteiger partial charge in [-0.25, -0.2) is 0 Å². The molecule has 14 heavy (non-hydrogen) atoms. The number of rotatable bonds is 4. The summed E-state index contributed by atoms with van der Waals surface area (Å²) in [6, 6.07) is 0.630. The summed E-state index contributed by atoms with van der Waals surface area (Å²) in [4.78, 5) is 0. The Hall–Kier alpha value is -0.770. The monoisotopic (exact) mass is 199 g/mol. The fourth-order valence-electron chi connectivity index (χ4n) is 2.07. The molecule has 0 heterocycles. The number of nitrogens with two attached hydrogens (primary N) is 1. The first kappa shape index (κ1) is 11.3. The van der Waals surface area contributed by atoms with E-state index in [9.17, 15) is 0 Å². The topological polar surface area (TPSA) is 70.6 Å². The second-order valence-electron chi connectivity index (χ2n) is 4.26. The summed E-state index contributed by atoms with van der Waals surface area (Å²) < 4.78 is 0. The molecule has 4 nitrogen and oxygen atoms in total. The quantitative estimate of drug-likeness (QED) is 0.276. The highest BCUT2D eigenvalue weighted by Gasteiger charge is 2.17. The zero-order valence-electron chi connectivity index (χ0n) is 8.87. The molecule has 4 heteroatoms. The van der Waals surface area contributed by atoms with Crippen LogP contribution in [0.15, 0.2) is 5.16 Å². The van der Waals surface area contributed by atoms with Crippen LogP contribution in [0.25, 0.3) is 0 Å². The largest absolute Gasteiger partial charge is 0.409 e. The van der Waals surface area contributed by atoms with Crippen molar-refractivity contribution in [1.82, 2.24) is 5.32 Å². The van der Waals surface area contributed by atoms with Crippen molar-refractivity contribution >= 4 is 5.84 Å². The number of nitrogens with zero attached hydrogens (tertiary/aromatic N) is 1. The summed E-state index contributed by atoms with van der Waals surface area (Å²) in [5.41, 5.74) is 5.38. The highest BCUT2D eigenvalue weighted by molar-refractivity contribution is 5.79. The summed E-state index contributed by atoms with van der Waals surface area (Å²) in [6.45, 7) is 3.12. The Balaban J connectivity index is 2.11. The molecule has 0 saturated heterocycles. The van der Waals surface area contributed by atoms with E-state index in [4.69, 9.17) is 10.9 Å². The van der Waals surface area contributed by atoms with Gasteiger partial charge in [0.15, 0.2) is 0 Å². The maximum absolute atomic E-state index is 8.35. The van der Waals surface area contributed by atoms with Gasteiger partial charge in [0.05, 0.1) is 0 Å². The zero-order chi connectivity index (χ0) is 10.4. The van der Waals surface area contributed by atoms with Crippen LogP contribution in [-0.2, 0) is 0 Å². The van der Waals surface area contributed by atoms with Crippen LogP contribution in [0.5, 0.6) is 0 Å². The fourth-order valence-corrected chi connectivity index (χ4v) is 2.07. The summed E-state index contributed by atoms with van der Waals surface area (Å²) in [5.74, 6) is 1.14. The first-order valence-corrected chi connectivity index (χ1v) is 5.42. The normalized spacial score (nSPS) is 29.1. The van der Waals surface area contributed by atoms with Crippen LogP contribution in [0.1, 0.15) is 39.0 Å². The van der Waals surface area contributed by atoms with E-state index in [1.54, 1.807) is 0 Å². The number of hydrogen-bond acceptors (Lipinski definition) is 3. The van der Waals surface area contributed by atoms with Crippen LogP contribution in [0.4, 0.5) is 0 Å². The van der Waals surface area contributed by atoms with Gasteiger partial charge in [0.2, 0.25) is 0 Å². The van der Waals surface area contributed by atoms with E-state index >= 15 is 0 Å². The van der Waals surface area contributed by atoms with E-state index < -0.39 is 0 Å². The predicted octanol–water partition coefficient (Wildman–Crippen LogP) is 1.29. The second kappa shape index (κ2) is 5.86. The minimum Gasteiger partial charge on any atom is -0.409 e. The smallest absolute Gasteiger partial charge is 0.140 e. The minimum absolute atomic E-state index is 0.307. The molecule has 1 rings (SSSR count). The lowest BCUT2D eigenvalue weighted by molar-refractivity contribution is 0.301. The van der Waals surface area contributed by atoms with Crippen molar-refractivity contribution in [3.8, 4) is 0 Å². The van der Waals surface area contributed by atoms with E-state index in [1.165, 1.54) is 25.7 Å². The number of oxime groups is 1. The van der Waals surface area contributed by atoms with Crippen LogP contribution in [-0.4, -0.2) is 23.6 Å². The molecular weight excluding hydrogens is 178 g/mol. The zero-order valence-corrected chi connectivity index (χ0v) is 8.87. The van der Waals surface area contributed by atoms with Gasteiger partial charge in [0, 0.05) is 19.0 Å². The average molecular weight is 199 g/mol. The number of amidine groups is 1. The van der Waals surface area contributed by atoms with Gasteiger partial charge in [-0.1, -0.05) is 24.9 Å². The summed E-state index contributed by atoms with van der Waals surface area (Å²) in [6.07, 6.45) is 5.83. The molecule has 0 radical (unpaired) electrons. The van der Waals surface area contributed by atoms with E-state index in [1.807, 2.05) is 0 Å². The standard InChI is InChI=1S/C10H21N3O/c1-8-3-2-4-9(7-8)12-6-5-10(11)13-14/h8-9,12,14H,2-7H2,1H3,(H2,11,13). The van der Waals surface area contributed by atoms with Gasteiger partial charge < -0.3 is 16.3 Å². The molecule has 0 amide bonds. The molecule has 0 bridgehead atoms. The molecule has 0 aliphatic heterocycles. The Morgan fingerprint density at radius 2 is 2.36 bits per heavy atom. The third-order valence-corrected chi connectivity index (χ3v) is 2.88.